The molecular formula is C21H21BrN4O3S. The molecule has 0 spiro atoms. The van der Waals surface area contributed by atoms with Crippen molar-refractivity contribution in [3.05, 3.63) is 55.4 Å². The van der Waals surface area contributed by atoms with Gasteiger partial charge >= 0.3 is 0 Å². The number of hydrazone groups is 1. The lowest BCUT2D eigenvalue weighted by atomic mass is 9.89. The van der Waals surface area contributed by atoms with Gasteiger partial charge in [0.15, 0.2) is 0 Å². The molecule has 0 bridgehead atoms. The van der Waals surface area contributed by atoms with Crippen LogP contribution < -0.4 is 11.0 Å². The molecule has 0 aliphatic heterocycles. The van der Waals surface area contributed by atoms with Crippen LogP contribution in [0.5, 0.6) is 5.75 Å². The van der Waals surface area contributed by atoms with Crippen LogP contribution >= 0.6 is 27.3 Å². The van der Waals surface area contributed by atoms with Gasteiger partial charge in [0.25, 0.3) is 11.5 Å². The number of hydrogen-bond acceptors (Lipinski definition) is 6. The number of carbonyl (C=O) groups is 1. The lowest BCUT2D eigenvalue weighted by Crippen LogP contribution is -2.34. The minimum Gasteiger partial charge on any atom is -0.507 e. The van der Waals surface area contributed by atoms with Crippen molar-refractivity contribution in [1.82, 2.24) is 15.0 Å². The lowest BCUT2D eigenvalue weighted by Gasteiger charge is -2.18. The van der Waals surface area contributed by atoms with E-state index in [1.807, 2.05) is 0 Å². The molecule has 1 aliphatic carbocycles. The summed E-state index contributed by atoms with van der Waals surface area (Å²) in [5.41, 5.74) is 3.79. The summed E-state index contributed by atoms with van der Waals surface area (Å²) in [5, 5.41) is 14.4. The molecule has 0 fully saturated rings. The Labute approximate surface area is 185 Å². The molecule has 9 heteroatoms. The Balaban J connectivity index is 1.57. The minimum atomic E-state index is -0.777. The minimum absolute atomic E-state index is 0.0478. The topological polar surface area (TPSA) is 96.6 Å². The van der Waals surface area contributed by atoms with E-state index in [-0.39, 0.29) is 11.3 Å². The van der Waals surface area contributed by atoms with Crippen molar-refractivity contribution in [1.29, 1.82) is 0 Å². The first-order chi connectivity index (χ1) is 14.3. The molecule has 0 saturated carbocycles. The third kappa shape index (κ3) is 3.91. The monoisotopic (exact) mass is 488 g/mol. The third-order valence-electron chi connectivity index (χ3n) is 5.41. The number of rotatable bonds is 4. The molecule has 156 valence electrons. The van der Waals surface area contributed by atoms with Crippen molar-refractivity contribution >= 4 is 49.6 Å². The van der Waals surface area contributed by atoms with Crippen molar-refractivity contribution in [2.75, 3.05) is 0 Å². The van der Waals surface area contributed by atoms with Crippen LogP contribution in [0.25, 0.3) is 10.2 Å². The first-order valence-electron chi connectivity index (χ1n) is 9.68. The Morgan fingerprint density at radius 3 is 3.10 bits per heavy atom. The standard InChI is InChI=1S/C21H21BrN4O3S/c1-11-3-5-15-17(7-11)30-20-18(15)21(29)26(10-23-20)12(2)19(28)25-24-9-13-8-14(22)4-6-16(13)27/h4,6,8-12,27H,3,5,7H2,1-2H3,(H,25,28)/b24-9+/t11-,12-/m0/s1. The normalized spacial score (nSPS) is 17.2. The molecular weight excluding hydrogens is 468 g/mol. The first-order valence-corrected chi connectivity index (χ1v) is 11.3. The van der Waals surface area contributed by atoms with Crippen LogP contribution in [0.1, 0.15) is 42.3 Å². The highest BCUT2D eigenvalue weighted by Crippen LogP contribution is 2.35. The highest BCUT2D eigenvalue weighted by Gasteiger charge is 2.25. The number of amides is 1. The van der Waals surface area contributed by atoms with Crippen LogP contribution in [-0.4, -0.2) is 26.8 Å². The molecule has 0 saturated heterocycles. The van der Waals surface area contributed by atoms with Crippen LogP contribution in [0.4, 0.5) is 0 Å². The smallest absolute Gasteiger partial charge is 0.263 e. The Morgan fingerprint density at radius 2 is 2.30 bits per heavy atom. The van der Waals surface area contributed by atoms with Crippen LogP contribution in [0.3, 0.4) is 0 Å². The number of phenols is 1. The predicted molar refractivity (Wildman–Crippen MR) is 121 cm³/mol. The summed E-state index contributed by atoms with van der Waals surface area (Å²) in [6.45, 7) is 3.86. The van der Waals surface area contributed by atoms with E-state index in [4.69, 9.17) is 0 Å². The molecule has 3 aromatic rings. The zero-order valence-corrected chi connectivity index (χ0v) is 19.0. The van der Waals surface area contributed by atoms with Crippen molar-refractivity contribution in [3.63, 3.8) is 0 Å². The van der Waals surface area contributed by atoms with Gasteiger partial charge in [0, 0.05) is 14.9 Å². The van der Waals surface area contributed by atoms with Gasteiger partial charge in [-0.25, -0.2) is 10.4 Å². The van der Waals surface area contributed by atoms with E-state index in [1.54, 1.807) is 30.4 Å². The van der Waals surface area contributed by atoms with Gasteiger partial charge in [-0.15, -0.1) is 11.3 Å². The number of benzene rings is 1. The number of carbonyl (C=O) groups excluding carboxylic acids is 1. The van der Waals surface area contributed by atoms with E-state index in [1.165, 1.54) is 28.1 Å². The maximum Gasteiger partial charge on any atom is 0.263 e. The molecule has 2 atom stereocenters. The number of aryl methyl sites for hydroxylation is 1. The summed E-state index contributed by atoms with van der Waals surface area (Å²) in [5.74, 6) is 0.216. The summed E-state index contributed by atoms with van der Waals surface area (Å²) in [7, 11) is 0. The van der Waals surface area contributed by atoms with Gasteiger partial charge in [-0.1, -0.05) is 22.9 Å². The molecule has 2 heterocycles. The Kier molecular flexibility index (Phi) is 5.75. The van der Waals surface area contributed by atoms with E-state index < -0.39 is 11.9 Å². The number of thiophene rings is 1. The fourth-order valence-electron chi connectivity index (χ4n) is 3.63. The molecule has 1 aliphatic rings. The summed E-state index contributed by atoms with van der Waals surface area (Å²) >= 11 is 4.90. The van der Waals surface area contributed by atoms with Crippen LogP contribution in [0.15, 0.2) is 38.9 Å². The van der Waals surface area contributed by atoms with E-state index in [0.717, 1.165) is 34.1 Å². The summed E-state index contributed by atoms with van der Waals surface area (Å²) in [6, 6.07) is 4.13. The fraction of sp³-hybridized carbons (Fsp3) is 0.333. The van der Waals surface area contributed by atoms with Crippen LogP contribution in [0, 0.1) is 5.92 Å². The predicted octanol–water partition coefficient (Wildman–Crippen LogP) is 3.76. The van der Waals surface area contributed by atoms with Gasteiger partial charge in [0.05, 0.1) is 17.9 Å². The number of nitrogens with one attached hydrogen (secondary N) is 1. The number of phenolic OH excluding ortho intramolecular Hbond substituents is 1. The maximum atomic E-state index is 13.1. The number of fused-ring (bicyclic) bond motifs is 3. The Bertz CT molecular complexity index is 1220. The summed E-state index contributed by atoms with van der Waals surface area (Å²) in [6.07, 6.45) is 5.69. The number of nitrogens with zero attached hydrogens (tertiary/aromatic N) is 3. The van der Waals surface area contributed by atoms with Crippen molar-refractivity contribution in [3.8, 4) is 5.75 Å². The molecule has 2 N–H and O–H groups in total. The van der Waals surface area contributed by atoms with Crippen LogP contribution in [0.2, 0.25) is 0 Å². The summed E-state index contributed by atoms with van der Waals surface area (Å²) in [4.78, 5) is 32.1. The molecule has 0 radical (unpaired) electrons. The van der Waals surface area contributed by atoms with Gasteiger partial charge in [0.2, 0.25) is 0 Å². The van der Waals surface area contributed by atoms with Gasteiger partial charge < -0.3 is 5.11 Å². The largest absolute Gasteiger partial charge is 0.507 e. The highest BCUT2D eigenvalue weighted by atomic mass is 79.9. The third-order valence-corrected chi connectivity index (χ3v) is 7.06. The average Bonchev–Trinajstić information content (AvgIpc) is 3.08. The maximum absolute atomic E-state index is 13.1. The first kappa shape index (κ1) is 20.7. The van der Waals surface area contributed by atoms with E-state index in [2.05, 4.69) is 38.4 Å². The van der Waals surface area contributed by atoms with Gasteiger partial charge in [-0.05, 0) is 55.9 Å². The van der Waals surface area contributed by atoms with Crippen molar-refractivity contribution < 1.29 is 9.90 Å². The SMILES string of the molecule is C[C@H]1CCc2c(sc3ncn([C@@H](C)C(=O)N/N=C/c4cc(Br)ccc4O)c(=O)c23)C1. The zero-order chi connectivity index (χ0) is 21.4. The highest BCUT2D eigenvalue weighted by molar-refractivity contribution is 9.10. The molecule has 30 heavy (non-hydrogen) atoms. The fourth-order valence-corrected chi connectivity index (χ4v) is 5.35. The van der Waals surface area contributed by atoms with Crippen LogP contribution in [-0.2, 0) is 17.6 Å². The number of aromatic nitrogens is 2. The van der Waals surface area contributed by atoms with Gasteiger partial charge in [-0.3, -0.25) is 14.2 Å². The summed E-state index contributed by atoms with van der Waals surface area (Å²) < 4.78 is 2.13. The van der Waals surface area contributed by atoms with Crippen molar-refractivity contribution in [2.24, 2.45) is 11.0 Å². The lowest BCUT2D eigenvalue weighted by molar-refractivity contribution is -0.123. The zero-order valence-electron chi connectivity index (χ0n) is 16.6. The number of halogens is 1. The number of hydrogen-bond donors (Lipinski definition) is 2. The van der Waals surface area contributed by atoms with E-state index >= 15 is 0 Å². The van der Waals surface area contributed by atoms with E-state index in [0.29, 0.717) is 16.9 Å². The molecule has 2 aromatic heterocycles. The number of aromatic hydroxyl groups is 1. The van der Waals surface area contributed by atoms with Crippen molar-refractivity contribution in [2.45, 2.75) is 39.2 Å². The second-order valence-electron chi connectivity index (χ2n) is 7.60. The van der Waals surface area contributed by atoms with Gasteiger partial charge in [-0.2, -0.15) is 5.10 Å². The molecule has 1 aromatic carbocycles. The van der Waals surface area contributed by atoms with E-state index in [9.17, 15) is 14.7 Å². The quantitative estimate of drug-likeness (QED) is 0.431. The average molecular weight is 489 g/mol. The molecule has 0 unspecified atom stereocenters. The van der Waals surface area contributed by atoms with Gasteiger partial charge in [0.1, 0.15) is 16.6 Å². The molecule has 7 nitrogen and oxygen atoms in total. The Morgan fingerprint density at radius 1 is 1.50 bits per heavy atom. The molecule has 1 amide bonds. The second-order valence-corrected chi connectivity index (χ2v) is 9.60. The Hall–Kier alpha value is -2.52. The molecule has 4 rings (SSSR count). The second kappa shape index (κ2) is 8.31.